The Balaban J connectivity index is 5.71. The monoisotopic (exact) mass is 643 g/mol. The molecule has 3 N–H and O–H groups in total. The molecule has 0 bridgehead atoms. The SMILES string of the molecule is CCN(CC)CCN(CC)CC(C(=O)NCC(NC(=O)C(CN(CC)CCN(CC)CC)N(CC)CC)C(=O)O)N(CC)CC. The second kappa shape index (κ2) is 25.3. The molecule has 266 valence electrons. The van der Waals surface area contributed by atoms with Gasteiger partial charge in [0, 0.05) is 45.8 Å². The van der Waals surface area contributed by atoms with Gasteiger partial charge in [-0.2, -0.15) is 0 Å². The van der Waals surface area contributed by atoms with Crippen LogP contribution >= 0.6 is 0 Å². The van der Waals surface area contributed by atoms with Crippen molar-refractivity contribution in [2.45, 2.75) is 87.4 Å². The lowest BCUT2D eigenvalue weighted by molar-refractivity contribution is -0.143. The second-order valence-electron chi connectivity index (χ2n) is 11.5. The van der Waals surface area contributed by atoms with Gasteiger partial charge in [0.25, 0.3) is 0 Å². The van der Waals surface area contributed by atoms with Gasteiger partial charge in [-0.05, 0) is 65.4 Å². The van der Waals surface area contributed by atoms with Gasteiger partial charge in [-0.3, -0.25) is 19.4 Å². The van der Waals surface area contributed by atoms with Gasteiger partial charge >= 0.3 is 5.97 Å². The first-order chi connectivity index (χ1) is 21.5. The van der Waals surface area contributed by atoms with E-state index in [1.54, 1.807) is 0 Å². The number of carbonyl (C=O) groups is 3. The Morgan fingerprint density at radius 2 is 0.844 bits per heavy atom. The summed E-state index contributed by atoms with van der Waals surface area (Å²) in [5.74, 6) is -1.70. The number of hydrogen-bond donors (Lipinski definition) is 3. The molecule has 0 aliphatic heterocycles. The molecular weight excluding hydrogens is 572 g/mol. The molecule has 0 spiro atoms. The van der Waals surface area contributed by atoms with Crippen LogP contribution in [0.15, 0.2) is 0 Å². The molecule has 0 aromatic carbocycles. The maximum absolute atomic E-state index is 13.7. The lowest BCUT2D eigenvalue weighted by atomic mass is 10.1. The number of carboxylic acids is 1. The predicted molar refractivity (Wildman–Crippen MR) is 186 cm³/mol. The maximum atomic E-state index is 13.7. The molecule has 12 nitrogen and oxygen atoms in total. The number of aliphatic carboxylic acids is 1. The Bertz CT molecular complexity index is 789. The van der Waals surface area contributed by atoms with E-state index in [9.17, 15) is 19.5 Å². The van der Waals surface area contributed by atoms with Crippen LogP contribution in [0, 0.1) is 0 Å². The Kier molecular flexibility index (Phi) is 24.3. The lowest BCUT2D eigenvalue weighted by Crippen LogP contribution is -2.59. The molecule has 0 fully saturated rings. The zero-order valence-electron chi connectivity index (χ0n) is 30.6. The highest BCUT2D eigenvalue weighted by atomic mass is 16.4. The number of carboxylic acid groups (broad SMARTS) is 1. The van der Waals surface area contributed by atoms with Gasteiger partial charge in [0.1, 0.15) is 18.1 Å². The van der Waals surface area contributed by atoms with Gasteiger partial charge in [0.05, 0.1) is 0 Å². The van der Waals surface area contributed by atoms with E-state index in [2.05, 4.69) is 81.6 Å². The Morgan fingerprint density at radius 3 is 1.16 bits per heavy atom. The topological polar surface area (TPSA) is 115 Å². The summed E-state index contributed by atoms with van der Waals surface area (Å²) in [6.45, 7) is 33.6. The van der Waals surface area contributed by atoms with Crippen molar-refractivity contribution in [3.8, 4) is 0 Å². The van der Waals surface area contributed by atoms with E-state index in [4.69, 9.17) is 0 Å². The first kappa shape index (κ1) is 43.2. The molecule has 0 aromatic rings. The standard InChI is InChI=1S/C33H70N8O4/c1-11-36(12-2)21-23-38(15-5)26-29(40(17-7)18-8)31(42)34-25-28(33(44)45)35-32(43)30(41(19-9)20-10)27-39(16-6)24-22-37(13-3)14-4/h28-30H,11-27H2,1-10H3,(H,34,42)(H,35,43)(H,44,45). The van der Waals surface area contributed by atoms with Crippen molar-refractivity contribution in [1.82, 2.24) is 40.0 Å². The van der Waals surface area contributed by atoms with Crippen molar-refractivity contribution in [3.63, 3.8) is 0 Å². The van der Waals surface area contributed by atoms with Gasteiger partial charge in [-0.25, -0.2) is 4.79 Å². The number of likely N-dealkylation sites (N-methyl/N-ethyl adjacent to an activating group) is 6. The largest absolute Gasteiger partial charge is 0.480 e. The minimum absolute atomic E-state index is 0.173. The highest BCUT2D eigenvalue weighted by Crippen LogP contribution is 2.07. The van der Waals surface area contributed by atoms with Crippen LogP contribution in [-0.2, 0) is 14.4 Å². The third kappa shape index (κ3) is 16.0. The lowest BCUT2D eigenvalue weighted by Gasteiger charge is -2.35. The van der Waals surface area contributed by atoms with E-state index in [-0.39, 0.29) is 18.4 Å². The van der Waals surface area contributed by atoms with Crippen molar-refractivity contribution in [1.29, 1.82) is 0 Å². The number of rotatable bonds is 28. The van der Waals surface area contributed by atoms with Crippen LogP contribution in [0.5, 0.6) is 0 Å². The molecule has 45 heavy (non-hydrogen) atoms. The molecule has 0 heterocycles. The second-order valence-corrected chi connectivity index (χ2v) is 11.5. The van der Waals surface area contributed by atoms with Gasteiger partial charge < -0.3 is 35.3 Å². The van der Waals surface area contributed by atoms with Crippen molar-refractivity contribution in [2.75, 3.05) is 111 Å². The molecule has 0 aliphatic carbocycles. The number of nitrogens with zero attached hydrogens (tertiary/aromatic N) is 6. The number of amides is 2. The van der Waals surface area contributed by atoms with E-state index >= 15 is 0 Å². The van der Waals surface area contributed by atoms with Gasteiger partial charge in [-0.1, -0.05) is 69.2 Å². The number of carbonyl (C=O) groups excluding carboxylic acids is 2. The minimum Gasteiger partial charge on any atom is -0.480 e. The highest BCUT2D eigenvalue weighted by Gasteiger charge is 2.32. The molecule has 0 saturated heterocycles. The fourth-order valence-electron chi connectivity index (χ4n) is 5.74. The van der Waals surface area contributed by atoms with Crippen LogP contribution in [0.25, 0.3) is 0 Å². The molecule has 0 aliphatic rings. The average Bonchev–Trinajstić information content (AvgIpc) is 3.05. The zero-order valence-corrected chi connectivity index (χ0v) is 30.6. The zero-order chi connectivity index (χ0) is 34.4. The maximum Gasteiger partial charge on any atom is 0.328 e. The predicted octanol–water partition coefficient (Wildman–Crippen LogP) is 1.42. The van der Waals surface area contributed by atoms with Gasteiger partial charge in [-0.15, -0.1) is 0 Å². The van der Waals surface area contributed by atoms with Crippen molar-refractivity contribution < 1.29 is 19.5 Å². The highest BCUT2D eigenvalue weighted by molar-refractivity contribution is 5.88. The van der Waals surface area contributed by atoms with E-state index in [0.717, 1.165) is 65.4 Å². The fraction of sp³-hybridized carbons (Fsp3) is 0.909. The molecule has 0 rings (SSSR count). The number of hydrogen-bond acceptors (Lipinski definition) is 9. The number of nitrogens with one attached hydrogen (secondary N) is 2. The summed E-state index contributed by atoms with van der Waals surface area (Å²) in [6, 6.07) is -2.15. The first-order valence-corrected chi connectivity index (χ1v) is 17.7. The van der Waals surface area contributed by atoms with Crippen molar-refractivity contribution >= 4 is 17.8 Å². The molecule has 0 aromatic heterocycles. The van der Waals surface area contributed by atoms with Gasteiger partial charge in [0.15, 0.2) is 0 Å². The van der Waals surface area contributed by atoms with Crippen LogP contribution < -0.4 is 10.6 Å². The molecule has 3 atom stereocenters. The Morgan fingerprint density at radius 1 is 0.511 bits per heavy atom. The summed E-state index contributed by atoms with van der Waals surface area (Å²) in [5, 5.41) is 15.7. The van der Waals surface area contributed by atoms with E-state index < -0.39 is 24.1 Å². The Hall–Kier alpha value is -1.83. The van der Waals surface area contributed by atoms with Crippen LogP contribution in [0.3, 0.4) is 0 Å². The molecule has 2 amide bonds. The summed E-state index contributed by atoms with van der Waals surface area (Å²) in [5.41, 5.74) is 0. The van der Waals surface area contributed by atoms with Crippen LogP contribution in [0.2, 0.25) is 0 Å². The first-order valence-electron chi connectivity index (χ1n) is 17.7. The van der Waals surface area contributed by atoms with E-state index in [1.807, 2.05) is 27.7 Å². The third-order valence-electron chi connectivity index (χ3n) is 9.22. The molecule has 12 heteroatoms. The van der Waals surface area contributed by atoms with E-state index in [0.29, 0.717) is 39.3 Å². The normalized spacial score (nSPS) is 14.1. The summed E-state index contributed by atoms with van der Waals surface area (Å²) >= 11 is 0. The molecule has 0 radical (unpaired) electrons. The fourth-order valence-corrected chi connectivity index (χ4v) is 5.74. The molecule has 3 unspecified atom stereocenters. The smallest absolute Gasteiger partial charge is 0.328 e. The van der Waals surface area contributed by atoms with Crippen molar-refractivity contribution in [2.24, 2.45) is 0 Å². The Labute approximate surface area is 275 Å². The van der Waals surface area contributed by atoms with Crippen LogP contribution in [-0.4, -0.2) is 182 Å². The summed E-state index contributed by atoms with van der Waals surface area (Å²) in [4.78, 5) is 53.0. The molecular formula is C33H70N8O4. The molecule has 0 saturated carbocycles. The summed E-state index contributed by atoms with van der Waals surface area (Å²) in [7, 11) is 0. The van der Waals surface area contributed by atoms with E-state index in [1.165, 1.54) is 0 Å². The summed E-state index contributed by atoms with van der Waals surface area (Å²) in [6.07, 6.45) is 0. The van der Waals surface area contributed by atoms with Crippen LogP contribution in [0.1, 0.15) is 69.2 Å². The third-order valence-corrected chi connectivity index (χ3v) is 9.22. The quantitative estimate of drug-likeness (QED) is 0.116. The summed E-state index contributed by atoms with van der Waals surface area (Å²) < 4.78 is 0. The minimum atomic E-state index is -1.23. The average molecular weight is 643 g/mol. The van der Waals surface area contributed by atoms with Gasteiger partial charge in [0.2, 0.25) is 11.8 Å². The van der Waals surface area contributed by atoms with Crippen LogP contribution in [0.4, 0.5) is 0 Å². The van der Waals surface area contributed by atoms with Crippen molar-refractivity contribution in [3.05, 3.63) is 0 Å².